The third-order valence-electron chi connectivity index (χ3n) is 4.89. The Morgan fingerprint density at radius 3 is 2.61 bits per heavy atom. The molecule has 3 aromatic rings. The maximum atomic E-state index is 13.0. The van der Waals surface area contributed by atoms with Crippen LogP contribution >= 0.6 is 0 Å². The smallest absolute Gasteiger partial charge is 0.408 e. The van der Waals surface area contributed by atoms with Gasteiger partial charge < -0.3 is 9.32 Å². The molecule has 9 heteroatoms. The highest BCUT2D eigenvalue weighted by Gasteiger charge is 2.25. The van der Waals surface area contributed by atoms with E-state index in [2.05, 4.69) is 4.72 Å². The van der Waals surface area contributed by atoms with Crippen molar-refractivity contribution in [3.05, 3.63) is 52.5 Å². The Morgan fingerprint density at radius 1 is 1.11 bits per heavy atom. The van der Waals surface area contributed by atoms with Crippen LogP contribution in [0.15, 0.2) is 50.5 Å². The summed E-state index contributed by atoms with van der Waals surface area (Å²) < 4.78 is 34.9. The summed E-state index contributed by atoms with van der Waals surface area (Å²) in [5.41, 5.74) is 2.27. The number of anilines is 2. The third-order valence-corrected chi connectivity index (χ3v) is 6.41. The van der Waals surface area contributed by atoms with E-state index in [1.165, 1.54) is 16.7 Å². The van der Waals surface area contributed by atoms with E-state index >= 15 is 0 Å². The molecule has 0 atom stereocenters. The molecule has 1 aliphatic rings. The molecule has 28 heavy (non-hydrogen) atoms. The van der Waals surface area contributed by atoms with Crippen molar-refractivity contribution < 1.29 is 17.6 Å². The molecule has 8 nitrogen and oxygen atoms in total. The molecule has 1 aromatic heterocycles. The van der Waals surface area contributed by atoms with Crippen LogP contribution in [0.4, 0.5) is 11.4 Å². The first-order chi connectivity index (χ1) is 13.3. The number of sulfonamides is 1. The summed E-state index contributed by atoms with van der Waals surface area (Å²) in [5, 5.41) is 0. The maximum absolute atomic E-state index is 13.0. The van der Waals surface area contributed by atoms with Gasteiger partial charge in [0, 0.05) is 31.8 Å². The van der Waals surface area contributed by atoms with E-state index in [4.69, 9.17) is 4.42 Å². The molecule has 0 spiro atoms. The second kappa shape index (κ2) is 6.52. The molecular formula is C19H19N3O5S. The maximum Gasteiger partial charge on any atom is 0.419 e. The van der Waals surface area contributed by atoms with Crippen molar-refractivity contribution in [2.75, 3.05) is 16.2 Å². The average Bonchev–Trinajstić information content (AvgIpc) is 3.18. The number of aryl methyl sites for hydroxylation is 2. The lowest BCUT2D eigenvalue weighted by Gasteiger charge is -2.18. The Balaban J connectivity index is 1.70. The van der Waals surface area contributed by atoms with Gasteiger partial charge in [-0.25, -0.2) is 13.2 Å². The van der Waals surface area contributed by atoms with Crippen molar-refractivity contribution in [3.8, 4) is 0 Å². The first kappa shape index (κ1) is 18.3. The van der Waals surface area contributed by atoms with Crippen LogP contribution in [0.5, 0.6) is 0 Å². The zero-order valence-electron chi connectivity index (χ0n) is 15.4. The Morgan fingerprint density at radius 2 is 1.89 bits per heavy atom. The number of hydrogen-bond acceptors (Lipinski definition) is 5. The number of fused-ring (bicyclic) bond motifs is 1. The highest BCUT2D eigenvalue weighted by Crippen LogP contribution is 2.28. The van der Waals surface area contributed by atoms with Crippen molar-refractivity contribution in [1.29, 1.82) is 0 Å². The molecule has 1 N–H and O–H groups in total. The summed E-state index contributed by atoms with van der Waals surface area (Å²) in [7, 11) is -2.32. The van der Waals surface area contributed by atoms with Gasteiger partial charge in [0.2, 0.25) is 5.91 Å². The number of benzene rings is 2. The molecule has 1 aliphatic heterocycles. The van der Waals surface area contributed by atoms with Crippen LogP contribution < -0.4 is 15.4 Å². The summed E-state index contributed by atoms with van der Waals surface area (Å²) in [6.45, 7) is 2.28. The zero-order chi connectivity index (χ0) is 20.1. The predicted molar refractivity (Wildman–Crippen MR) is 105 cm³/mol. The minimum Gasteiger partial charge on any atom is -0.408 e. The molecule has 0 radical (unpaired) electrons. The first-order valence-corrected chi connectivity index (χ1v) is 10.3. The average molecular weight is 401 g/mol. The molecule has 2 heterocycles. The first-order valence-electron chi connectivity index (χ1n) is 8.80. The number of rotatable bonds is 4. The number of oxazole rings is 1. The van der Waals surface area contributed by atoms with Gasteiger partial charge in [-0.05, 0) is 43.2 Å². The van der Waals surface area contributed by atoms with Gasteiger partial charge in [-0.15, -0.1) is 0 Å². The molecule has 4 rings (SSSR count). The SMILES string of the molecule is Cc1ccc(N2CCCC2=O)cc1S(=O)(=O)Nc1ccc2c(c1)oc(=O)n2C. The number of amides is 1. The quantitative estimate of drug-likeness (QED) is 0.723. The van der Waals surface area contributed by atoms with Gasteiger partial charge in [-0.2, -0.15) is 0 Å². The number of carbonyl (C=O) groups excluding carboxylic acids is 1. The summed E-state index contributed by atoms with van der Waals surface area (Å²) in [6, 6.07) is 9.61. The molecule has 0 aliphatic carbocycles. The fourth-order valence-corrected chi connectivity index (χ4v) is 4.69. The summed E-state index contributed by atoms with van der Waals surface area (Å²) in [4.78, 5) is 25.3. The Hall–Kier alpha value is -3.07. The van der Waals surface area contributed by atoms with Crippen molar-refractivity contribution in [1.82, 2.24) is 4.57 Å². The van der Waals surface area contributed by atoms with Crippen molar-refractivity contribution in [2.45, 2.75) is 24.7 Å². The monoisotopic (exact) mass is 401 g/mol. The highest BCUT2D eigenvalue weighted by atomic mass is 32.2. The van der Waals surface area contributed by atoms with Gasteiger partial charge in [-0.1, -0.05) is 6.07 Å². The van der Waals surface area contributed by atoms with Gasteiger partial charge in [0.15, 0.2) is 5.58 Å². The lowest BCUT2D eigenvalue weighted by atomic mass is 10.2. The van der Waals surface area contributed by atoms with Gasteiger partial charge in [0.05, 0.1) is 16.1 Å². The van der Waals surface area contributed by atoms with E-state index in [1.54, 1.807) is 43.1 Å². The van der Waals surface area contributed by atoms with Crippen LogP contribution in [0, 0.1) is 6.92 Å². The lowest BCUT2D eigenvalue weighted by Crippen LogP contribution is -2.24. The number of hydrogen-bond donors (Lipinski definition) is 1. The largest absolute Gasteiger partial charge is 0.419 e. The lowest BCUT2D eigenvalue weighted by molar-refractivity contribution is -0.117. The van der Waals surface area contributed by atoms with Gasteiger partial charge >= 0.3 is 5.76 Å². The van der Waals surface area contributed by atoms with E-state index in [-0.39, 0.29) is 16.5 Å². The van der Waals surface area contributed by atoms with E-state index < -0.39 is 15.8 Å². The summed E-state index contributed by atoms with van der Waals surface area (Å²) >= 11 is 0. The molecule has 1 saturated heterocycles. The van der Waals surface area contributed by atoms with Crippen molar-refractivity contribution >= 4 is 38.4 Å². The van der Waals surface area contributed by atoms with Crippen molar-refractivity contribution in [3.63, 3.8) is 0 Å². The third kappa shape index (κ3) is 3.07. The van der Waals surface area contributed by atoms with Crippen LogP contribution in [0.25, 0.3) is 11.1 Å². The Kier molecular flexibility index (Phi) is 4.26. The summed E-state index contributed by atoms with van der Waals surface area (Å²) in [6.07, 6.45) is 1.23. The van der Waals surface area contributed by atoms with Crippen LogP contribution in [-0.2, 0) is 21.9 Å². The molecule has 2 aromatic carbocycles. The second-order valence-corrected chi connectivity index (χ2v) is 8.46. The van der Waals surface area contributed by atoms with Crippen LogP contribution in [0.2, 0.25) is 0 Å². The zero-order valence-corrected chi connectivity index (χ0v) is 16.2. The standard InChI is InChI=1S/C19H19N3O5S/c1-12-5-7-14(22-9-3-4-18(22)23)11-17(12)28(25,26)20-13-6-8-15-16(10-13)27-19(24)21(15)2/h5-8,10-11,20H,3-4,9H2,1-2H3. The number of nitrogens with one attached hydrogen (secondary N) is 1. The molecular weight excluding hydrogens is 382 g/mol. The molecule has 1 fully saturated rings. The van der Waals surface area contributed by atoms with E-state index in [0.717, 1.165) is 6.42 Å². The second-order valence-electron chi connectivity index (χ2n) is 6.81. The minimum atomic E-state index is -3.90. The van der Waals surface area contributed by atoms with Crippen LogP contribution in [0.3, 0.4) is 0 Å². The fourth-order valence-electron chi connectivity index (χ4n) is 3.37. The normalized spacial score (nSPS) is 14.8. The molecule has 0 unspecified atom stereocenters. The predicted octanol–water partition coefficient (Wildman–Crippen LogP) is 2.37. The molecule has 1 amide bonds. The topological polar surface area (TPSA) is 102 Å². The van der Waals surface area contributed by atoms with Crippen molar-refractivity contribution in [2.24, 2.45) is 7.05 Å². The van der Waals surface area contributed by atoms with Gasteiger partial charge in [0.1, 0.15) is 0 Å². The van der Waals surface area contributed by atoms with E-state index in [0.29, 0.717) is 35.3 Å². The fraction of sp³-hybridized carbons (Fsp3) is 0.263. The van der Waals surface area contributed by atoms with Crippen LogP contribution in [0.1, 0.15) is 18.4 Å². The van der Waals surface area contributed by atoms with Gasteiger partial charge in [0.25, 0.3) is 10.0 Å². The number of nitrogens with zero attached hydrogens (tertiary/aromatic N) is 2. The molecule has 146 valence electrons. The Labute approximate surface area is 161 Å². The highest BCUT2D eigenvalue weighted by molar-refractivity contribution is 7.92. The van der Waals surface area contributed by atoms with E-state index in [9.17, 15) is 18.0 Å². The van der Waals surface area contributed by atoms with E-state index in [1.807, 2.05) is 0 Å². The van der Waals surface area contributed by atoms with Crippen LogP contribution in [-0.4, -0.2) is 25.4 Å². The number of aromatic nitrogens is 1. The number of carbonyl (C=O) groups is 1. The van der Waals surface area contributed by atoms with Gasteiger partial charge in [-0.3, -0.25) is 14.1 Å². The molecule has 0 bridgehead atoms. The molecule has 0 saturated carbocycles. The minimum absolute atomic E-state index is 0.00952. The Bertz CT molecular complexity index is 1260. The summed E-state index contributed by atoms with van der Waals surface area (Å²) in [5.74, 6) is -0.529.